The summed E-state index contributed by atoms with van der Waals surface area (Å²) >= 11 is 0. The van der Waals surface area contributed by atoms with Gasteiger partial charge in [0.25, 0.3) is 0 Å². The maximum absolute atomic E-state index is 11.6. The van der Waals surface area contributed by atoms with E-state index in [1.54, 1.807) is 13.0 Å². The van der Waals surface area contributed by atoms with Gasteiger partial charge in [-0.2, -0.15) is 0 Å². The first-order chi connectivity index (χ1) is 8.31. The Labute approximate surface area is 99.3 Å². The van der Waals surface area contributed by atoms with Crippen LogP contribution < -0.4 is 5.63 Å². The molecule has 1 aromatic heterocycles. The number of benzene rings is 1. The summed E-state index contributed by atoms with van der Waals surface area (Å²) in [6, 6.07) is 9.17. The Morgan fingerprint density at radius 1 is 1.24 bits per heavy atom. The second-order valence-corrected chi connectivity index (χ2v) is 3.44. The van der Waals surface area contributed by atoms with Crippen molar-refractivity contribution in [2.24, 2.45) is 0 Å². The maximum Gasteiger partial charge on any atom is 0.343 e. The minimum Gasteiger partial charge on any atom is -0.426 e. The van der Waals surface area contributed by atoms with Crippen LogP contribution in [0.5, 0.6) is 0 Å². The van der Waals surface area contributed by atoms with Gasteiger partial charge in [-0.25, -0.2) is 4.79 Å². The molecule has 2 rings (SSSR count). The highest BCUT2D eigenvalue weighted by Crippen LogP contribution is 2.11. The Hall–Kier alpha value is -2.45. The van der Waals surface area contributed by atoms with Crippen molar-refractivity contribution in [3.05, 3.63) is 46.5 Å². The van der Waals surface area contributed by atoms with E-state index in [-0.39, 0.29) is 5.63 Å². The molecule has 0 saturated heterocycles. The molecule has 1 aromatic carbocycles. The van der Waals surface area contributed by atoms with Crippen molar-refractivity contribution in [2.75, 3.05) is 0 Å². The van der Waals surface area contributed by atoms with Crippen LogP contribution in [0.3, 0.4) is 0 Å². The van der Waals surface area contributed by atoms with Gasteiger partial charge in [0.15, 0.2) is 0 Å². The molecule has 0 aliphatic rings. The highest BCUT2D eigenvalue weighted by atomic mass is 16.4. The summed E-state index contributed by atoms with van der Waals surface area (Å²) in [5.74, 6) is 11.4. The largest absolute Gasteiger partial charge is 0.426 e. The first-order valence-corrected chi connectivity index (χ1v) is 5.22. The molecule has 0 atom stereocenters. The van der Waals surface area contributed by atoms with Crippen LogP contribution in [0, 0.1) is 23.7 Å². The molecule has 0 amide bonds. The van der Waals surface area contributed by atoms with Gasteiger partial charge in [-0.1, -0.05) is 30.0 Å². The lowest BCUT2D eigenvalue weighted by Crippen LogP contribution is -2.01. The molecule has 0 aliphatic heterocycles. The zero-order valence-electron chi connectivity index (χ0n) is 9.41. The first-order valence-electron chi connectivity index (χ1n) is 5.22. The average Bonchev–Trinajstić information content (AvgIpc) is 2.35. The van der Waals surface area contributed by atoms with E-state index in [9.17, 15) is 4.79 Å². The minimum atomic E-state index is -0.318. The van der Waals surface area contributed by atoms with Gasteiger partial charge in [0.2, 0.25) is 0 Å². The molecule has 17 heavy (non-hydrogen) atoms. The van der Waals surface area contributed by atoms with Crippen LogP contribution in [0.15, 0.2) is 39.5 Å². The summed E-state index contributed by atoms with van der Waals surface area (Å²) < 4.78 is 5.16. The van der Waals surface area contributed by atoms with Crippen molar-refractivity contribution < 1.29 is 4.42 Å². The van der Waals surface area contributed by atoms with Gasteiger partial charge >= 0.3 is 5.63 Å². The standard InChI is InChI=1S/C15H10O2/c1-2-3-4-5-9-13-11-12-8-6-7-10-14(12)15(16)17-13/h6-8,10-11H,9H2,1H3. The quantitative estimate of drug-likeness (QED) is 0.693. The summed E-state index contributed by atoms with van der Waals surface area (Å²) in [6.07, 6.45) is 0.398. The van der Waals surface area contributed by atoms with Gasteiger partial charge < -0.3 is 4.42 Å². The molecule has 2 nitrogen and oxygen atoms in total. The Bertz CT molecular complexity index is 715. The second kappa shape index (κ2) is 5.05. The summed E-state index contributed by atoms with van der Waals surface area (Å²) in [6.45, 7) is 1.73. The van der Waals surface area contributed by atoms with E-state index in [4.69, 9.17) is 4.42 Å². The van der Waals surface area contributed by atoms with Crippen molar-refractivity contribution in [2.45, 2.75) is 13.3 Å². The molecule has 0 aliphatic carbocycles. The van der Waals surface area contributed by atoms with Crippen molar-refractivity contribution in [3.63, 3.8) is 0 Å². The third kappa shape index (κ3) is 2.56. The summed E-state index contributed by atoms with van der Waals surface area (Å²) in [4.78, 5) is 11.6. The van der Waals surface area contributed by atoms with Crippen molar-refractivity contribution >= 4 is 10.8 Å². The summed E-state index contributed by atoms with van der Waals surface area (Å²) in [5, 5.41) is 1.47. The Balaban J connectivity index is 2.40. The van der Waals surface area contributed by atoms with Crippen LogP contribution >= 0.6 is 0 Å². The van der Waals surface area contributed by atoms with Crippen LogP contribution in [0.25, 0.3) is 10.8 Å². The SMILES string of the molecule is CC#CC#CCc1cc2ccccc2c(=O)o1. The molecule has 0 fully saturated rings. The van der Waals surface area contributed by atoms with E-state index in [1.807, 2.05) is 24.3 Å². The van der Waals surface area contributed by atoms with Gasteiger partial charge in [-0.05, 0) is 36.3 Å². The molecular formula is C15H10O2. The summed E-state index contributed by atoms with van der Waals surface area (Å²) in [7, 11) is 0. The fourth-order valence-corrected chi connectivity index (χ4v) is 1.51. The number of rotatable bonds is 1. The Kier molecular flexibility index (Phi) is 3.28. The molecule has 0 spiro atoms. The fourth-order valence-electron chi connectivity index (χ4n) is 1.51. The molecule has 0 unspecified atom stereocenters. The molecular weight excluding hydrogens is 212 g/mol. The number of hydrogen-bond donors (Lipinski definition) is 0. The third-order valence-corrected chi connectivity index (χ3v) is 2.26. The van der Waals surface area contributed by atoms with Crippen LogP contribution in [0.1, 0.15) is 12.7 Å². The van der Waals surface area contributed by atoms with E-state index in [1.165, 1.54) is 0 Å². The predicted octanol–water partition coefficient (Wildman–Crippen LogP) is 2.36. The fraction of sp³-hybridized carbons (Fsp3) is 0.133. The zero-order chi connectivity index (χ0) is 12.1. The van der Waals surface area contributed by atoms with Crippen LogP contribution in [0.4, 0.5) is 0 Å². The van der Waals surface area contributed by atoms with E-state index in [0.29, 0.717) is 17.6 Å². The average molecular weight is 222 g/mol. The lowest BCUT2D eigenvalue weighted by atomic mass is 10.1. The zero-order valence-corrected chi connectivity index (χ0v) is 9.41. The second-order valence-electron chi connectivity index (χ2n) is 3.44. The Morgan fingerprint density at radius 3 is 2.88 bits per heavy atom. The number of fused-ring (bicyclic) bond motifs is 1. The van der Waals surface area contributed by atoms with Crippen LogP contribution in [-0.4, -0.2) is 0 Å². The van der Waals surface area contributed by atoms with E-state index in [2.05, 4.69) is 23.7 Å². The molecule has 0 N–H and O–H groups in total. The van der Waals surface area contributed by atoms with Gasteiger partial charge in [-0.15, -0.1) is 0 Å². The molecule has 2 aromatic rings. The maximum atomic E-state index is 11.6. The van der Waals surface area contributed by atoms with Gasteiger partial charge in [0.1, 0.15) is 5.76 Å². The Morgan fingerprint density at radius 2 is 2.06 bits per heavy atom. The van der Waals surface area contributed by atoms with Crippen molar-refractivity contribution in [1.82, 2.24) is 0 Å². The molecule has 82 valence electrons. The molecule has 0 radical (unpaired) electrons. The number of hydrogen-bond acceptors (Lipinski definition) is 2. The van der Waals surface area contributed by atoms with Crippen molar-refractivity contribution in [3.8, 4) is 23.7 Å². The van der Waals surface area contributed by atoms with Crippen LogP contribution in [-0.2, 0) is 6.42 Å². The van der Waals surface area contributed by atoms with Gasteiger partial charge in [0.05, 0.1) is 11.8 Å². The van der Waals surface area contributed by atoms with Gasteiger partial charge in [-0.3, -0.25) is 0 Å². The highest BCUT2D eigenvalue weighted by Gasteiger charge is 2.02. The highest BCUT2D eigenvalue weighted by molar-refractivity contribution is 5.81. The van der Waals surface area contributed by atoms with Crippen molar-refractivity contribution in [1.29, 1.82) is 0 Å². The summed E-state index contributed by atoms with van der Waals surface area (Å²) in [5.41, 5.74) is -0.318. The van der Waals surface area contributed by atoms with E-state index >= 15 is 0 Å². The first kappa shape index (κ1) is 11.0. The lowest BCUT2D eigenvalue weighted by molar-refractivity contribution is 0.480. The molecule has 0 saturated carbocycles. The minimum absolute atomic E-state index is 0.318. The van der Waals surface area contributed by atoms with Crippen LogP contribution in [0.2, 0.25) is 0 Å². The molecule has 2 heteroatoms. The normalized spacial score (nSPS) is 9.00. The lowest BCUT2D eigenvalue weighted by Gasteiger charge is -1.97. The third-order valence-electron chi connectivity index (χ3n) is 2.26. The van der Waals surface area contributed by atoms with E-state index in [0.717, 1.165) is 5.39 Å². The van der Waals surface area contributed by atoms with E-state index < -0.39 is 0 Å². The smallest absolute Gasteiger partial charge is 0.343 e. The van der Waals surface area contributed by atoms with Gasteiger partial charge in [0, 0.05) is 0 Å². The predicted molar refractivity (Wildman–Crippen MR) is 67.4 cm³/mol. The monoisotopic (exact) mass is 222 g/mol. The molecule has 0 bridgehead atoms. The topological polar surface area (TPSA) is 30.2 Å². The molecule has 1 heterocycles.